The summed E-state index contributed by atoms with van der Waals surface area (Å²) in [6.45, 7) is 4.64. The van der Waals surface area contributed by atoms with Crippen LogP contribution in [0.15, 0.2) is 54.6 Å². The summed E-state index contributed by atoms with van der Waals surface area (Å²) in [6.07, 6.45) is 0. The van der Waals surface area contributed by atoms with Crippen molar-refractivity contribution in [3.63, 3.8) is 0 Å². The number of hydrogen-bond acceptors (Lipinski definition) is 3. The molecule has 0 atom stereocenters. The fourth-order valence-corrected chi connectivity index (χ4v) is 4.59. The highest BCUT2D eigenvalue weighted by atomic mass is 16.5. The van der Waals surface area contributed by atoms with Gasteiger partial charge in [-0.3, -0.25) is 0 Å². The van der Waals surface area contributed by atoms with Crippen LogP contribution in [0.5, 0.6) is 23.0 Å². The molecule has 3 aromatic carbocycles. The van der Waals surface area contributed by atoms with Crippen molar-refractivity contribution in [2.75, 3.05) is 4.90 Å². The smallest absolute Gasteiger partial charge is 0.266 e. The van der Waals surface area contributed by atoms with Gasteiger partial charge in [-0.25, -0.2) is 0 Å². The Morgan fingerprint density at radius 3 is 1.60 bits per heavy atom. The van der Waals surface area contributed by atoms with Crippen LogP contribution < -0.4 is 30.8 Å². The van der Waals surface area contributed by atoms with Crippen molar-refractivity contribution in [2.24, 2.45) is 0 Å². The van der Waals surface area contributed by atoms with E-state index in [1.54, 1.807) is 0 Å². The SMILES string of the molecule is CC(C)N1c2cccc3c2B2c4c(cccc4Oc4cccc1c42)O3. The van der Waals surface area contributed by atoms with Crippen LogP contribution in [0.2, 0.25) is 0 Å². The molecular formula is C21H16BNO2. The number of ether oxygens (including phenoxy) is 2. The molecule has 0 amide bonds. The quantitative estimate of drug-likeness (QED) is 0.442. The molecule has 120 valence electrons. The minimum Gasteiger partial charge on any atom is -0.458 e. The average Bonchev–Trinajstić information content (AvgIpc) is 2.61. The lowest BCUT2D eigenvalue weighted by Gasteiger charge is -2.44. The molecule has 0 unspecified atom stereocenters. The van der Waals surface area contributed by atoms with Gasteiger partial charge >= 0.3 is 0 Å². The molecule has 0 bridgehead atoms. The van der Waals surface area contributed by atoms with Crippen molar-refractivity contribution < 1.29 is 9.47 Å². The van der Waals surface area contributed by atoms with Crippen molar-refractivity contribution in [3.8, 4) is 23.0 Å². The van der Waals surface area contributed by atoms with Crippen molar-refractivity contribution in [1.82, 2.24) is 0 Å². The van der Waals surface area contributed by atoms with Gasteiger partial charge in [-0.2, -0.15) is 0 Å². The van der Waals surface area contributed by atoms with Crippen LogP contribution in [-0.4, -0.2) is 12.8 Å². The van der Waals surface area contributed by atoms with Gasteiger partial charge in [0.25, 0.3) is 6.71 Å². The topological polar surface area (TPSA) is 21.7 Å². The monoisotopic (exact) mass is 325 g/mol. The van der Waals surface area contributed by atoms with E-state index in [1.165, 1.54) is 22.3 Å². The number of anilines is 2. The van der Waals surface area contributed by atoms with Crippen LogP contribution in [-0.2, 0) is 0 Å². The zero-order valence-corrected chi connectivity index (χ0v) is 14.1. The molecule has 3 heterocycles. The van der Waals surface area contributed by atoms with Crippen LogP contribution in [0.3, 0.4) is 0 Å². The molecule has 0 aromatic heterocycles. The van der Waals surface area contributed by atoms with E-state index in [4.69, 9.17) is 9.47 Å². The van der Waals surface area contributed by atoms with Gasteiger partial charge in [-0.1, -0.05) is 18.2 Å². The van der Waals surface area contributed by atoms with Gasteiger partial charge in [0.1, 0.15) is 23.0 Å². The molecule has 3 nitrogen and oxygen atoms in total. The Morgan fingerprint density at radius 2 is 1.12 bits per heavy atom. The van der Waals surface area contributed by atoms with Crippen LogP contribution >= 0.6 is 0 Å². The standard InChI is InChI=1S/C21H16BNO2/c1-12(2)23-13-6-3-8-15-19(13)22-20-14(23)7-4-9-16(20)25-18-11-5-10-17(24-15)21(18)22/h3-12H,1-2H3. The Balaban J connectivity index is 1.78. The van der Waals surface area contributed by atoms with Crippen LogP contribution in [0.4, 0.5) is 11.4 Å². The molecule has 0 N–H and O–H groups in total. The highest BCUT2D eigenvalue weighted by Gasteiger charge is 2.46. The molecule has 25 heavy (non-hydrogen) atoms. The first-order chi connectivity index (χ1) is 12.2. The molecular weight excluding hydrogens is 309 g/mol. The Hall–Kier alpha value is -2.88. The van der Waals surface area contributed by atoms with Gasteiger partial charge in [-0.15, -0.1) is 0 Å². The Labute approximate surface area is 146 Å². The van der Waals surface area contributed by atoms with Crippen molar-refractivity contribution in [1.29, 1.82) is 0 Å². The van der Waals surface area contributed by atoms with Crippen molar-refractivity contribution in [3.05, 3.63) is 54.6 Å². The molecule has 0 spiro atoms. The van der Waals surface area contributed by atoms with E-state index in [0.29, 0.717) is 6.04 Å². The zero-order valence-electron chi connectivity index (χ0n) is 14.1. The maximum absolute atomic E-state index is 6.27. The third-order valence-electron chi connectivity index (χ3n) is 5.45. The van der Waals surface area contributed by atoms with E-state index >= 15 is 0 Å². The first-order valence-corrected chi connectivity index (χ1v) is 8.77. The maximum Gasteiger partial charge on any atom is 0.266 e. The highest BCUT2D eigenvalue weighted by molar-refractivity contribution is 7.00. The molecule has 4 heteroatoms. The minimum absolute atomic E-state index is 0.182. The molecule has 0 saturated heterocycles. The molecule has 0 fully saturated rings. The van der Waals surface area contributed by atoms with Crippen molar-refractivity contribution in [2.45, 2.75) is 19.9 Å². The summed E-state index contributed by atoms with van der Waals surface area (Å²) in [4.78, 5) is 2.40. The van der Waals surface area contributed by atoms with E-state index in [1.807, 2.05) is 18.2 Å². The summed E-state index contributed by atoms with van der Waals surface area (Å²) in [5, 5.41) is 0. The van der Waals surface area contributed by atoms with Gasteiger partial charge in [0.2, 0.25) is 0 Å². The second-order valence-electron chi connectivity index (χ2n) is 7.15. The molecule has 0 radical (unpaired) electrons. The normalized spacial score (nSPS) is 14.8. The second-order valence-corrected chi connectivity index (χ2v) is 7.15. The van der Waals surface area contributed by atoms with Crippen molar-refractivity contribution >= 4 is 34.5 Å². The van der Waals surface area contributed by atoms with Crippen LogP contribution in [0.25, 0.3) is 0 Å². The first-order valence-electron chi connectivity index (χ1n) is 8.77. The lowest BCUT2D eigenvalue weighted by Crippen LogP contribution is -2.62. The third kappa shape index (κ3) is 1.53. The molecule has 0 saturated carbocycles. The zero-order chi connectivity index (χ0) is 16.7. The summed E-state index contributed by atoms with van der Waals surface area (Å²) < 4.78 is 12.5. The summed E-state index contributed by atoms with van der Waals surface area (Å²) in [7, 11) is 0. The molecule has 3 aliphatic heterocycles. The molecule has 0 aliphatic carbocycles. The van der Waals surface area contributed by atoms with Crippen LogP contribution in [0.1, 0.15) is 13.8 Å². The van der Waals surface area contributed by atoms with Crippen LogP contribution in [0, 0.1) is 0 Å². The third-order valence-corrected chi connectivity index (χ3v) is 5.45. The summed E-state index contributed by atoms with van der Waals surface area (Å²) in [6, 6.07) is 19.2. The number of rotatable bonds is 1. The van der Waals surface area contributed by atoms with E-state index in [2.05, 4.69) is 55.1 Å². The summed E-state index contributed by atoms with van der Waals surface area (Å²) in [5.41, 5.74) is 6.17. The number of benzene rings is 3. The van der Waals surface area contributed by atoms with E-state index in [0.717, 1.165) is 28.5 Å². The van der Waals surface area contributed by atoms with Gasteiger partial charge < -0.3 is 14.4 Å². The number of hydrogen-bond donors (Lipinski definition) is 0. The lowest BCUT2D eigenvalue weighted by atomic mass is 9.33. The predicted octanol–water partition coefficient (Wildman–Crippen LogP) is 3.27. The first kappa shape index (κ1) is 13.4. The van der Waals surface area contributed by atoms with E-state index < -0.39 is 0 Å². The predicted molar refractivity (Wildman–Crippen MR) is 101 cm³/mol. The summed E-state index contributed by atoms with van der Waals surface area (Å²) in [5.74, 6) is 3.73. The Kier molecular flexibility index (Phi) is 2.36. The van der Waals surface area contributed by atoms with Gasteiger partial charge in [0.05, 0.1) is 0 Å². The Morgan fingerprint density at radius 1 is 0.680 bits per heavy atom. The average molecular weight is 325 g/mol. The van der Waals surface area contributed by atoms with Gasteiger partial charge in [0, 0.05) is 22.9 Å². The molecule has 3 aliphatic rings. The maximum atomic E-state index is 6.27. The van der Waals surface area contributed by atoms with Gasteiger partial charge in [0.15, 0.2) is 0 Å². The largest absolute Gasteiger partial charge is 0.458 e. The van der Waals surface area contributed by atoms with E-state index in [9.17, 15) is 0 Å². The fraction of sp³-hybridized carbons (Fsp3) is 0.143. The minimum atomic E-state index is 0.182. The Bertz CT molecular complexity index is 984. The fourth-order valence-electron chi connectivity index (χ4n) is 4.59. The molecule has 6 rings (SSSR count). The van der Waals surface area contributed by atoms with E-state index in [-0.39, 0.29) is 6.71 Å². The highest BCUT2D eigenvalue weighted by Crippen LogP contribution is 2.42. The lowest BCUT2D eigenvalue weighted by molar-refractivity contribution is 0.464. The second kappa shape index (κ2) is 4.39. The summed E-state index contributed by atoms with van der Waals surface area (Å²) >= 11 is 0. The molecule has 3 aromatic rings. The van der Waals surface area contributed by atoms with Gasteiger partial charge in [-0.05, 0) is 61.2 Å². The number of nitrogens with zero attached hydrogens (tertiary/aromatic N) is 1.